The van der Waals surface area contributed by atoms with Crippen LogP contribution in [0.15, 0.2) is 24.3 Å². The monoisotopic (exact) mass is 360 g/mol. The van der Waals surface area contributed by atoms with Gasteiger partial charge < -0.3 is 20.3 Å². The summed E-state index contributed by atoms with van der Waals surface area (Å²) < 4.78 is 5.71. The van der Waals surface area contributed by atoms with Crippen LogP contribution < -0.4 is 15.4 Å². The summed E-state index contributed by atoms with van der Waals surface area (Å²) in [4.78, 5) is 16.9. The summed E-state index contributed by atoms with van der Waals surface area (Å²) in [6.07, 6.45) is 4.69. The largest absolute Gasteiger partial charge is 0.494 e. The van der Waals surface area contributed by atoms with Gasteiger partial charge in [0.15, 0.2) is 0 Å². The molecule has 6 heteroatoms. The molecule has 0 unspecified atom stereocenters. The Morgan fingerprint density at radius 2 is 1.96 bits per heavy atom. The van der Waals surface area contributed by atoms with Gasteiger partial charge in [0.05, 0.1) is 6.61 Å². The SMILES string of the molecule is CCCCCOc1ccc(NC(=O)N2CCN([C@@H]3CCNC3)CC2)cc1. The van der Waals surface area contributed by atoms with Gasteiger partial charge in [-0.25, -0.2) is 4.79 Å². The molecule has 26 heavy (non-hydrogen) atoms. The molecular weight excluding hydrogens is 328 g/mol. The number of nitrogens with zero attached hydrogens (tertiary/aromatic N) is 2. The van der Waals surface area contributed by atoms with Crippen molar-refractivity contribution in [2.24, 2.45) is 0 Å². The van der Waals surface area contributed by atoms with E-state index in [0.29, 0.717) is 6.04 Å². The molecule has 2 saturated heterocycles. The fourth-order valence-electron chi connectivity index (χ4n) is 3.62. The van der Waals surface area contributed by atoms with E-state index in [1.54, 1.807) is 0 Å². The first kappa shape index (κ1) is 19.0. The van der Waals surface area contributed by atoms with Crippen LogP contribution in [0.1, 0.15) is 32.6 Å². The van der Waals surface area contributed by atoms with Gasteiger partial charge in [0.25, 0.3) is 0 Å². The summed E-state index contributed by atoms with van der Waals surface area (Å²) >= 11 is 0. The molecule has 2 heterocycles. The Kier molecular flexibility index (Phi) is 7.14. The van der Waals surface area contributed by atoms with Crippen molar-refractivity contribution in [3.05, 3.63) is 24.3 Å². The average molecular weight is 361 g/mol. The fourth-order valence-corrected chi connectivity index (χ4v) is 3.62. The van der Waals surface area contributed by atoms with Crippen LogP contribution in [0.2, 0.25) is 0 Å². The van der Waals surface area contributed by atoms with Crippen molar-refractivity contribution in [2.45, 2.75) is 38.6 Å². The van der Waals surface area contributed by atoms with Gasteiger partial charge in [-0.05, 0) is 43.7 Å². The highest BCUT2D eigenvalue weighted by Gasteiger charge is 2.27. The van der Waals surface area contributed by atoms with Crippen molar-refractivity contribution in [3.8, 4) is 5.75 Å². The Balaban J connectivity index is 1.40. The van der Waals surface area contributed by atoms with E-state index in [-0.39, 0.29) is 6.03 Å². The number of nitrogens with one attached hydrogen (secondary N) is 2. The number of hydrogen-bond donors (Lipinski definition) is 2. The second kappa shape index (κ2) is 9.78. The molecule has 144 valence electrons. The number of rotatable bonds is 7. The highest BCUT2D eigenvalue weighted by atomic mass is 16.5. The zero-order valence-corrected chi connectivity index (χ0v) is 15.9. The third kappa shape index (κ3) is 5.35. The summed E-state index contributed by atoms with van der Waals surface area (Å²) in [5.74, 6) is 0.859. The normalized spacial score (nSPS) is 21.0. The summed E-state index contributed by atoms with van der Waals surface area (Å²) in [6.45, 7) is 8.64. The zero-order chi connectivity index (χ0) is 18.2. The number of benzene rings is 1. The minimum Gasteiger partial charge on any atom is -0.494 e. The lowest BCUT2D eigenvalue weighted by Gasteiger charge is -2.37. The van der Waals surface area contributed by atoms with E-state index < -0.39 is 0 Å². The number of ether oxygens (including phenoxy) is 1. The Hall–Kier alpha value is -1.79. The maximum Gasteiger partial charge on any atom is 0.321 e. The molecule has 2 aliphatic rings. The Morgan fingerprint density at radius 1 is 1.19 bits per heavy atom. The molecule has 0 aromatic heterocycles. The quantitative estimate of drug-likeness (QED) is 0.734. The zero-order valence-electron chi connectivity index (χ0n) is 15.9. The molecule has 0 spiro atoms. The number of amides is 2. The molecule has 6 nitrogen and oxygen atoms in total. The van der Waals surface area contributed by atoms with Crippen LogP contribution in [0.25, 0.3) is 0 Å². The summed E-state index contributed by atoms with van der Waals surface area (Å²) in [5.41, 5.74) is 0.818. The molecule has 1 aromatic rings. The first-order chi connectivity index (χ1) is 12.8. The lowest BCUT2D eigenvalue weighted by atomic mass is 10.2. The van der Waals surface area contributed by atoms with Crippen molar-refractivity contribution in [1.82, 2.24) is 15.1 Å². The van der Waals surface area contributed by atoms with Crippen LogP contribution in [0, 0.1) is 0 Å². The van der Waals surface area contributed by atoms with Gasteiger partial charge in [0.1, 0.15) is 5.75 Å². The van der Waals surface area contributed by atoms with E-state index in [9.17, 15) is 4.79 Å². The molecule has 2 N–H and O–H groups in total. The van der Waals surface area contributed by atoms with E-state index in [4.69, 9.17) is 4.74 Å². The molecule has 0 aliphatic carbocycles. The van der Waals surface area contributed by atoms with E-state index in [1.165, 1.54) is 19.3 Å². The number of carbonyl (C=O) groups is 1. The lowest BCUT2D eigenvalue weighted by molar-refractivity contribution is 0.119. The summed E-state index contributed by atoms with van der Waals surface area (Å²) in [7, 11) is 0. The minimum atomic E-state index is -0.00851. The number of anilines is 1. The van der Waals surface area contributed by atoms with Gasteiger partial charge in [-0.2, -0.15) is 0 Å². The predicted molar refractivity (Wildman–Crippen MR) is 105 cm³/mol. The summed E-state index contributed by atoms with van der Waals surface area (Å²) in [6, 6.07) is 8.30. The molecule has 0 radical (unpaired) electrons. The molecule has 0 bridgehead atoms. The average Bonchev–Trinajstić information content (AvgIpc) is 3.21. The van der Waals surface area contributed by atoms with Crippen LogP contribution >= 0.6 is 0 Å². The Morgan fingerprint density at radius 3 is 2.62 bits per heavy atom. The maximum absolute atomic E-state index is 12.5. The first-order valence-electron chi connectivity index (χ1n) is 10.00. The predicted octanol–water partition coefficient (Wildman–Crippen LogP) is 2.77. The van der Waals surface area contributed by atoms with E-state index in [2.05, 4.69) is 22.5 Å². The van der Waals surface area contributed by atoms with Crippen LogP contribution in [-0.2, 0) is 0 Å². The van der Waals surface area contributed by atoms with Gasteiger partial charge in [-0.1, -0.05) is 19.8 Å². The standard InChI is InChI=1S/C20H32N4O2/c1-2-3-4-15-26-19-7-5-17(6-8-19)22-20(25)24-13-11-23(12-14-24)18-9-10-21-16-18/h5-8,18,21H,2-4,9-16H2,1H3,(H,22,25)/t18-/m1/s1. The Bertz CT molecular complexity index is 549. The van der Waals surface area contributed by atoms with Crippen LogP contribution in [0.4, 0.5) is 10.5 Å². The van der Waals surface area contributed by atoms with Crippen LogP contribution in [-0.4, -0.2) is 67.7 Å². The topological polar surface area (TPSA) is 56.8 Å². The van der Waals surface area contributed by atoms with E-state index in [0.717, 1.165) is 63.7 Å². The van der Waals surface area contributed by atoms with Crippen LogP contribution in [0.3, 0.4) is 0 Å². The molecular formula is C20H32N4O2. The number of urea groups is 1. The maximum atomic E-state index is 12.5. The highest BCUT2D eigenvalue weighted by molar-refractivity contribution is 5.89. The Labute approximate surface area is 156 Å². The molecule has 2 aliphatic heterocycles. The molecule has 3 rings (SSSR count). The van der Waals surface area contributed by atoms with Gasteiger partial charge in [0.2, 0.25) is 0 Å². The van der Waals surface area contributed by atoms with Crippen molar-refractivity contribution >= 4 is 11.7 Å². The van der Waals surface area contributed by atoms with Crippen LogP contribution in [0.5, 0.6) is 5.75 Å². The van der Waals surface area contributed by atoms with Gasteiger partial charge >= 0.3 is 6.03 Å². The first-order valence-corrected chi connectivity index (χ1v) is 10.00. The van der Waals surface area contributed by atoms with E-state index >= 15 is 0 Å². The van der Waals surface area contributed by atoms with Gasteiger partial charge in [-0.3, -0.25) is 4.90 Å². The van der Waals surface area contributed by atoms with Gasteiger partial charge in [-0.15, -0.1) is 0 Å². The number of piperazine rings is 1. The fraction of sp³-hybridized carbons (Fsp3) is 0.650. The number of hydrogen-bond acceptors (Lipinski definition) is 4. The molecule has 0 saturated carbocycles. The molecule has 1 atom stereocenters. The van der Waals surface area contributed by atoms with Crippen molar-refractivity contribution in [2.75, 3.05) is 51.2 Å². The molecule has 2 amide bonds. The molecule has 1 aromatic carbocycles. The highest BCUT2D eigenvalue weighted by Crippen LogP contribution is 2.17. The summed E-state index contributed by atoms with van der Waals surface area (Å²) in [5, 5.41) is 6.42. The van der Waals surface area contributed by atoms with Crippen molar-refractivity contribution < 1.29 is 9.53 Å². The second-order valence-corrected chi connectivity index (χ2v) is 7.18. The smallest absolute Gasteiger partial charge is 0.321 e. The number of unbranched alkanes of at least 4 members (excludes halogenated alkanes) is 2. The van der Waals surface area contributed by atoms with E-state index in [1.807, 2.05) is 29.2 Å². The van der Waals surface area contributed by atoms with Crippen molar-refractivity contribution in [3.63, 3.8) is 0 Å². The van der Waals surface area contributed by atoms with Crippen molar-refractivity contribution in [1.29, 1.82) is 0 Å². The lowest BCUT2D eigenvalue weighted by Crippen LogP contribution is -2.53. The number of carbonyl (C=O) groups excluding carboxylic acids is 1. The minimum absolute atomic E-state index is 0.00851. The molecule has 2 fully saturated rings. The third-order valence-corrected chi connectivity index (χ3v) is 5.27. The third-order valence-electron chi connectivity index (χ3n) is 5.27. The second-order valence-electron chi connectivity index (χ2n) is 7.18. The van der Waals surface area contributed by atoms with Gasteiger partial charge in [0, 0.05) is 44.5 Å².